The zero-order valence-corrected chi connectivity index (χ0v) is 16.1. The fourth-order valence-electron chi connectivity index (χ4n) is 2.48. The van der Waals surface area contributed by atoms with Crippen molar-refractivity contribution in [2.24, 2.45) is 0 Å². The molecule has 164 valence electrons. The minimum Gasteiger partial charge on any atom is -0.493 e. The molecule has 0 heterocycles. The molecule has 0 aliphatic carbocycles. The normalized spacial score (nSPS) is 11.6. The van der Waals surface area contributed by atoms with Crippen molar-refractivity contribution in [1.82, 2.24) is 0 Å². The van der Waals surface area contributed by atoms with E-state index in [-0.39, 0.29) is 28.5 Å². The minimum atomic E-state index is -4.61. The molecule has 0 fully saturated rings. The molecule has 1 amide bonds. The van der Waals surface area contributed by atoms with Crippen LogP contribution in [0.4, 0.5) is 27.6 Å². The molecule has 0 saturated carbocycles. The number of hydrogen-bond donors (Lipinski definition) is 1. The van der Waals surface area contributed by atoms with E-state index in [1.54, 1.807) is 6.07 Å². The standard InChI is InChI=1S/C20H15F5N2O4/c1-29-15-7-11(8-16(30-2)17(15)31-19(21)22)6-12(10-26)18(28)27-14-5-3-4-13(9-14)20(23,24)25/h3-9,19H,1-2H3,(H,27,28)/b12-6+. The van der Waals surface area contributed by atoms with E-state index in [1.165, 1.54) is 32.4 Å². The van der Waals surface area contributed by atoms with Gasteiger partial charge in [0.15, 0.2) is 11.5 Å². The molecule has 31 heavy (non-hydrogen) atoms. The van der Waals surface area contributed by atoms with E-state index in [0.29, 0.717) is 0 Å². The summed E-state index contributed by atoms with van der Waals surface area (Å²) in [6, 6.07) is 7.94. The van der Waals surface area contributed by atoms with E-state index < -0.39 is 29.8 Å². The zero-order valence-electron chi connectivity index (χ0n) is 16.1. The van der Waals surface area contributed by atoms with Gasteiger partial charge < -0.3 is 19.5 Å². The quantitative estimate of drug-likeness (QED) is 0.376. The Morgan fingerprint density at radius 2 is 1.74 bits per heavy atom. The first kappa shape index (κ1) is 23.5. The summed E-state index contributed by atoms with van der Waals surface area (Å²) in [6.07, 6.45) is -3.52. The summed E-state index contributed by atoms with van der Waals surface area (Å²) in [5, 5.41) is 11.5. The second-order valence-corrected chi connectivity index (χ2v) is 5.84. The maximum absolute atomic E-state index is 12.8. The minimum absolute atomic E-state index is 0.151. The van der Waals surface area contributed by atoms with E-state index in [0.717, 1.165) is 24.3 Å². The van der Waals surface area contributed by atoms with Gasteiger partial charge in [-0.1, -0.05) is 6.07 Å². The first-order valence-corrected chi connectivity index (χ1v) is 8.40. The Bertz CT molecular complexity index is 1000. The Labute approximate surface area is 173 Å². The highest BCUT2D eigenvalue weighted by atomic mass is 19.4. The summed E-state index contributed by atoms with van der Waals surface area (Å²) in [5.74, 6) is -1.67. The second-order valence-electron chi connectivity index (χ2n) is 5.84. The first-order chi connectivity index (χ1) is 14.6. The molecule has 1 N–H and O–H groups in total. The molecule has 2 aromatic carbocycles. The number of ether oxygens (including phenoxy) is 3. The highest BCUT2D eigenvalue weighted by Crippen LogP contribution is 2.40. The summed E-state index contributed by atoms with van der Waals surface area (Å²) in [7, 11) is 2.37. The van der Waals surface area contributed by atoms with Crippen LogP contribution in [0.2, 0.25) is 0 Å². The number of amides is 1. The van der Waals surface area contributed by atoms with Gasteiger partial charge in [-0.3, -0.25) is 4.79 Å². The molecule has 0 spiro atoms. The molecule has 0 bridgehead atoms. The van der Waals surface area contributed by atoms with Crippen LogP contribution < -0.4 is 19.5 Å². The number of carbonyl (C=O) groups excluding carboxylic acids is 1. The first-order valence-electron chi connectivity index (χ1n) is 8.40. The third-order valence-electron chi connectivity index (χ3n) is 3.81. The number of rotatable bonds is 7. The molecule has 0 aliphatic heterocycles. The van der Waals surface area contributed by atoms with Gasteiger partial charge in [-0.05, 0) is 42.0 Å². The van der Waals surface area contributed by atoms with Gasteiger partial charge in [-0.2, -0.15) is 27.2 Å². The second kappa shape index (κ2) is 9.80. The topological polar surface area (TPSA) is 80.6 Å². The molecule has 0 aliphatic rings. The lowest BCUT2D eigenvalue weighted by Crippen LogP contribution is -2.14. The van der Waals surface area contributed by atoms with Crippen LogP contribution in [-0.2, 0) is 11.0 Å². The number of nitrogens with one attached hydrogen (secondary N) is 1. The Morgan fingerprint density at radius 3 is 2.23 bits per heavy atom. The van der Waals surface area contributed by atoms with E-state index in [9.17, 15) is 32.0 Å². The van der Waals surface area contributed by atoms with Crippen molar-refractivity contribution in [1.29, 1.82) is 5.26 Å². The van der Waals surface area contributed by atoms with Crippen molar-refractivity contribution in [2.75, 3.05) is 19.5 Å². The molecule has 0 radical (unpaired) electrons. The number of nitrogens with zero attached hydrogens (tertiary/aromatic N) is 1. The fourth-order valence-corrected chi connectivity index (χ4v) is 2.48. The van der Waals surface area contributed by atoms with E-state index in [4.69, 9.17) is 9.47 Å². The number of hydrogen-bond acceptors (Lipinski definition) is 5. The van der Waals surface area contributed by atoms with E-state index in [2.05, 4.69) is 10.1 Å². The Balaban J connectivity index is 2.37. The summed E-state index contributed by atoms with van der Waals surface area (Å²) < 4.78 is 78.0. The van der Waals surface area contributed by atoms with Gasteiger partial charge in [0.1, 0.15) is 11.6 Å². The summed E-state index contributed by atoms with van der Waals surface area (Å²) in [4.78, 5) is 12.4. The highest BCUT2D eigenvalue weighted by molar-refractivity contribution is 6.09. The highest BCUT2D eigenvalue weighted by Gasteiger charge is 2.30. The zero-order chi connectivity index (χ0) is 23.2. The van der Waals surface area contributed by atoms with Gasteiger partial charge in [0.25, 0.3) is 5.91 Å². The van der Waals surface area contributed by atoms with Crippen molar-refractivity contribution >= 4 is 17.7 Å². The van der Waals surface area contributed by atoms with Crippen molar-refractivity contribution in [3.63, 3.8) is 0 Å². The van der Waals surface area contributed by atoms with Crippen LogP contribution >= 0.6 is 0 Å². The number of carbonyl (C=O) groups is 1. The number of halogens is 5. The van der Waals surface area contributed by atoms with E-state index in [1.807, 2.05) is 0 Å². The predicted octanol–water partition coefficient (Wildman–Crippen LogP) is 4.87. The molecule has 0 saturated heterocycles. The van der Waals surface area contributed by atoms with Crippen molar-refractivity contribution in [3.8, 4) is 23.3 Å². The Kier molecular flexibility index (Phi) is 7.42. The van der Waals surface area contributed by atoms with Crippen molar-refractivity contribution in [2.45, 2.75) is 12.8 Å². The molecule has 0 unspecified atom stereocenters. The maximum atomic E-state index is 12.8. The average molecular weight is 442 g/mol. The van der Waals surface area contributed by atoms with Gasteiger partial charge in [0.05, 0.1) is 19.8 Å². The molecule has 0 aromatic heterocycles. The Hall–Kier alpha value is -3.81. The SMILES string of the molecule is COc1cc(/C=C(\C#N)C(=O)Nc2cccc(C(F)(F)F)c2)cc(OC)c1OC(F)F. The number of alkyl halides is 5. The fraction of sp³-hybridized carbons (Fsp3) is 0.200. The van der Waals surface area contributed by atoms with Crippen LogP contribution in [0, 0.1) is 11.3 Å². The van der Waals surface area contributed by atoms with Crippen LogP contribution in [0.15, 0.2) is 42.0 Å². The molecule has 0 atom stereocenters. The molecule has 11 heteroatoms. The van der Waals surface area contributed by atoms with Crippen LogP contribution in [0.5, 0.6) is 17.2 Å². The van der Waals surface area contributed by atoms with Crippen LogP contribution in [-0.4, -0.2) is 26.7 Å². The number of anilines is 1. The number of benzene rings is 2. The third-order valence-corrected chi connectivity index (χ3v) is 3.81. The van der Waals surface area contributed by atoms with E-state index >= 15 is 0 Å². The van der Waals surface area contributed by atoms with Crippen molar-refractivity contribution < 1.29 is 41.0 Å². The van der Waals surface area contributed by atoms with Gasteiger partial charge in [0, 0.05) is 5.69 Å². The summed E-state index contributed by atoms with van der Waals surface area (Å²) in [6.45, 7) is -3.16. The lowest BCUT2D eigenvalue weighted by atomic mass is 10.1. The number of methoxy groups -OCH3 is 2. The van der Waals surface area contributed by atoms with Crippen LogP contribution in [0.25, 0.3) is 6.08 Å². The summed E-state index contributed by atoms with van der Waals surface area (Å²) >= 11 is 0. The summed E-state index contributed by atoms with van der Waals surface area (Å²) in [5.41, 5.74) is -1.45. The van der Waals surface area contributed by atoms with Gasteiger partial charge >= 0.3 is 12.8 Å². The lowest BCUT2D eigenvalue weighted by molar-refractivity contribution is -0.137. The Morgan fingerprint density at radius 1 is 1.13 bits per heavy atom. The lowest BCUT2D eigenvalue weighted by Gasteiger charge is -2.14. The van der Waals surface area contributed by atoms with Gasteiger partial charge in [-0.25, -0.2) is 0 Å². The molecule has 2 rings (SSSR count). The molecule has 6 nitrogen and oxygen atoms in total. The van der Waals surface area contributed by atoms with Gasteiger partial charge in [-0.15, -0.1) is 0 Å². The largest absolute Gasteiger partial charge is 0.493 e. The smallest absolute Gasteiger partial charge is 0.416 e. The average Bonchev–Trinajstić information content (AvgIpc) is 2.71. The predicted molar refractivity (Wildman–Crippen MR) is 99.8 cm³/mol. The molecule has 2 aromatic rings. The van der Waals surface area contributed by atoms with Crippen LogP contribution in [0.3, 0.4) is 0 Å². The monoisotopic (exact) mass is 442 g/mol. The van der Waals surface area contributed by atoms with Crippen molar-refractivity contribution in [3.05, 3.63) is 53.1 Å². The maximum Gasteiger partial charge on any atom is 0.416 e. The van der Waals surface area contributed by atoms with Gasteiger partial charge in [0.2, 0.25) is 5.75 Å². The van der Waals surface area contributed by atoms with Crippen LogP contribution in [0.1, 0.15) is 11.1 Å². The molecular weight excluding hydrogens is 427 g/mol. The third kappa shape index (κ3) is 6.08. The number of nitriles is 1. The molecular formula is C20H15F5N2O4.